The zero-order valence-corrected chi connectivity index (χ0v) is 30.1. The van der Waals surface area contributed by atoms with Crippen LogP contribution in [0.4, 0.5) is 10.5 Å². The van der Waals surface area contributed by atoms with Gasteiger partial charge in [0.15, 0.2) is 23.9 Å². The molecule has 3 aromatic carbocycles. The molecule has 1 amide bonds. The average Bonchev–Trinajstić information content (AvgIpc) is 3.15. The quantitative estimate of drug-likeness (QED) is 0.0860. The van der Waals surface area contributed by atoms with Crippen LogP contribution in [-0.2, 0) is 22.4 Å². The molecule has 1 unspecified atom stereocenters. The first kappa shape index (κ1) is 36.1. The molecule has 51 heavy (non-hydrogen) atoms. The molecule has 0 saturated carbocycles. The van der Waals surface area contributed by atoms with Crippen LogP contribution in [0.5, 0.6) is 17.2 Å². The second-order valence-corrected chi connectivity index (χ2v) is 13.4. The number of aromatic nitrogens is 1. The van der Waals surface area contributed by atoms with E-state index in [0.29, 0.717) is 44.7 Å². The van der Waals surface area contributed by atoms with Crippen molar-refractivity contribution in [2.24, 2.45) is 5.92 Å². The van der Waals surface area contributed by atoms with E-state index in [1.165, 1.54) is 26.6 Å². The maximum atomic E-state index is 13.7. The summed E-state index contributed by atoms with van der Waals surface area (Å²) in [6.45, 7) is 3.04. The van der Waals surface area contributed by atoms with Crippen LogP contribution in [0.2, 0.25) is 10.0 Å². The lowest BCUT2D eigenvalue weighted by Gasteiger charge is -2.44. The molecule has 3 fully saturated rings. The van der Waals surface area contributed by atoms with E-state index in [1.54, 1.807) is 66.6 Å². The van der Waals surface area contributed by atoms with Gasteiger partial charge in [0, 0.05) is 24.2 Å². The molecule has 1 aromatic heterocycles. The second kappa shape index (κ2) is 16.1. The number of methoxy groups -OCH3 is 3. The fourth-order valence-corrected chi connectivity index (χ4v) is 7.18. The minimum atomic E-state index is -0.860. The van der Waals surface area contributed by atoms with Crippen LogP contribution in [-0.4, -0.2) is 64.0 Å². The van der Waals surface area contributed by atoms with Gasteiger partial charge in [0.25, 0.3) is 0 Å². The van der Waals surface area contributed by atoms with Crippen molar-refractivity contribution in [2.45, 2.75) is 38.0 Å². The Balaban J connectivity index is 1.22. The Morgan fingerprint density at radius 1 is 0.902 bits per heavy atom. The number of carbonyl (C=O) groups is 2. The third-order valence-corrected chi connectivity index (χ3v) is 10.1. The van der Waals surface area contributed by atoms with Crippen LogP contribution < -0.4 is 23.8 Å². The molecule has 4 aromatic rings. The van der Waals surface area contributed by atoms with Crippen LogP contribution >= 0.6 is 23.2 Å². The van der Waals surface area contributed by atoms with Gasteiger partial charge >= 0.3 is 12.1 Å². The molecule has 2 atom stereocenters. The van der Waals surface area contributed by atoms with Gasteiger partial charge in [-0.1, -0.05) is 41.4 Å². The van der Waals surface area contributed by atoms with Gasteiger partial charge in [-0.2, -0.15) is 4.73 Å². The lowest BCUT2D eigenvalue weighted by atomic mass is 9.86. The van der Waals surface area contributed by atoms with Gasteiger partial charge in [-0.25, -0.2) is 9.59 Å². The molecule has 4 heterocycles. The number of rotatable bonds is 12. The number of esters is 1. The minimum absolute atomic E-state index is 0.0797. The molecule has 3 aliphatic heterocycles. The van der Waals surface area contributed by atoms with Crippen LogP contribution in [0.25, 0.3) is 0 Å². The molecular weight excluding hydrogens is 697 g/mol. The van der Waals surface area contributed by atoms with Crippen molar-refractivity contribution in [3.05, 3.63) is 117 Å². The van der Waals surface area contributed by atoms with Gasteiger partial charge in [0.1, 0.15) is 28.0 Å². The van der Waals surface area contributed by atoms with E-state index < -0.39 is 18.2 Å². The highest BCUT2D eigenvalue weighted by atomic mass is 35.5. The smallest absolute Gasteiger partial charge is 0.414 e. The molecule has 2 bridgehead atoms. The van der Waals surface area contributed by atoms with E-state index in [9.17, 15) is 14.8 Å². The Kier molecular flexibility index (Phi) is 11.4. The predicted octanol–water partition coefficient (Wildman–Crippen LogP) is 7.03. The summed E-state index contributed by atoms with van der Waals surface area (Å²) >= 11 is 12.8. The minimum Gasteiger partial charge on any atom is -0.619 e. The number of hydrogen-bond acceptors (Lipinski definition) is 9. The summed E-state index contributed by atoms with van der Waals surface area (Å²) < 4.78 is 28.9. The molecular formula is C38H39Cl2N3O8. The molecule has 268 valence electrons. The maximum absolute atomic E-state index is 13.7. The maximum Gasteiger partial charge on any atom is 0.414 e. The Morgan fingerprint density at radius 2 is 1.57 bits per heavy atom. The topological polar surface area (TPSA) is 114 Å². The molecule has 0 N–H and O–H groups in total. The summed E-state index contributed by atoms with van der Waals surface area (Å²) in [6.07, 6.45) is 3.07. The van der Waals surface area contributed by atoms with Gasteiger partial charge in [-0.05, 0) is 91.5 Å². The zero-order valence-electron chi connectivity index (χ0n) is 28.6. The van der Waals surface area contributed by atoms with E-state index in [2.05, 4.69) is 4.90 Å². The van der Waals surface area contributed by atoms with Gasteiger partial charge in [-0.15, -0.1) is 0 Å². The number of piperidine rings is 3. The highest BCUT2D eigenvalue weighted by Crippen LogP contribution is 2.36. The molecule has 0 spiro atoms. The number of anilines is 1. The Bertz CT molecular complexity index is 1830. The third-order valence-electron chi connectivity index (χ3n) is 9.46. The summed E-state index contributed by atoms with van der Waals surface area (Å²) in [5, 5.41) is 12.2. The summed E-state index contributed by atoms with van der Waals surface area (Å²) in [7, 11) is 4.62. The average molecular weight is 737 g/mol. The van der Waals surface area contributed by atoms with Crippen molar-refractivity contribution >= 4 is 41.0 Å². The fourth-order valence-electron chi connectivity index (χ4n) is 6.58. The van der Waals surface area contributed by atoms with Crippen molar-refractivity contribution in [1.82, 2.24) is 4.90 Å². The molecule has 11 nitrogen and oxygen atoms in total. The first-order chi connectivity index (χ1) is 24.6. The van der Waals surface area contributed by atoms with Crippen molar-refractivity contribution in [2.75, 3.05) is 45.9 Å². The Hall–Kier alpha value is -4.71. The van der Waals surface area contributed by atoms with E-state index >= 15 is 0 Å². The first-order valence-electron chi connectivity index (χ1n) is 16.6. The number of halogens is 2. The second-order valence-electron chi connectivity index (χ2n) is 12.5. The molecule has 3 aliphatic rings. The highest BCUT2D eigenvalue weighted by Gasteiger charge is 2.37. The van der Waals surface area contributed by atoms with Gasteiger partial charge in [0.2, 0.25) is 0 Å². The summed E-state index contributed by atoms with van der Waals surface area (Å²) in [6, 6.07) is 19.3. The number of fused-ring (bicyclic) bond motifs is 3. The van der Waals surface area contributed by atoms with Crippen molar-refractivity contribution in [3.8, 4) is 17.2 Å². The van der Waals surface area contributed by atoms with Gasteiger partial charge in [0.05, 0.1) is 33.4 Å². The highest BCUT2D eigenvalue weighted by molar-refractivity contribution is 6.35. The fraction of sp³-hybridized carbons (Fsp3) is 0.342. The predicted molar refractivity (Wildman–Crippen MR) is 192 cm³/mol. The summed E-state index contributed by atoms with van der Waals surface area (Å²) in [4.78, 5) is 31.3. The van der Waals surface area contributed by atoms with E-state index in [4.69, 9.17) is 46.9 Å². The number of amides is 1. The number of pyridine rings is 1. The number of nitrogens with zero attached hydrogens (tertiary/aromatic N) is 3. The Morgan fingerprint density at radius 3 is 2.16 bits per heavy atom. The number of benzene rings is 3. The monoisotopic (exact) mass is 735 g/mol. The molecule has 7 rings (SSSR count). The lowest BCUT2D eigenvalue weighted by molar-refractivity contribution is -0.605. The van der Waals surface area contributed by atoms with Crippen LogP contribution in [0.1, 0.15) is 46.0 Å². The normalized spacial score (nSPS) is 18.4. The first-order valence-corrected chi connectivity index (χ1v) is 17.3. The van der Waals surface area contributed by atoms with E-state index in [1.807, 2.05) is 12.1 Å². The number of ether oxygens (including phenoxy) is 5. The third kappa shape index (κ3) is 8.44. The van der Waals surface area contributed by atoms with Crippen molar-refractivity contribution in [1.29, 1.82) is 0 Å². The standard InChI is InChI=1S/C38H39Cl2N3O8/c1-47-29-11-9-28(10-12-29)43(38(45)51-36-23-41-16-14-25(36)15-17-41)20-24-4-6-26(7-5-24)37(44)50-34(19-30-31(39)21-42(46)22-32(30)40)27-8-13-33(48-2)35(18-27)49-3/h4-13,18,21-22,25,34,36H,14-17,19-20,23H2,1-3H3/t34?,36-/m0/s1. The largest absolute Gasteiger partial charge is 0.619 e. The summed E-state index contributed by atoms with van der Waals surface area (Å²) in [5.41, 5.74) is 2.76. The Labute approximate surface area is 306 Å². The van der Waals surface area contributed by atoms with Gasteiger partial charge in [-0.3, -0.25) is 9.80 Å². The van der Waals surface area contributed by atoms with E-state index in [-0.39, 0.29) is 34.7 Å². The molecule has 13 heteroatoms. The molecule has 0 aliphatic carbocycles. The summed E-state index contributed by atoms with van der Waals surface area (Å²) in [5.74, 6) is 1.38. The number of hydrogen-bond donors (Lipinski definition) is 0. The number of carbonyl (C=O) groups excluding carboxylic acids is 2. The van der Waals surface area contributed by atoms with Crippen LogP contribution in [0.3, 0.4) is 0 Å². The van der Waals surface area contributed by atoms with Gasteiger partial charge < -0.3 is 28.9 Å². The van der Waals surface area contributed by atoms with Crippen molar-refractivity contribution < 1.29 is 38.0 Å². The molecule has 3 saturated heterocycles. The zero-order chi connectivity index (χ0) is 36.1. The molecule has 0 radical (unpaired) electrons. The van der Waals surface area contributed by atoms with E-state index in [0.717, 1.165) is 38.0 Å². The lowest BCUT2D eigenvalue weighted by Crippen LogP contribution is -2.53. The van der Waals surface area contributed by atoms with Crippen LogP contribution in [0, 0.1) is 11.1 Å². The van der Waals surface area contributed by atoms with Crippen molar-refractivity contribution in [3.63, 3.8) is 0 Å². The van der Waals surface area contributed by atoms with Crippen LogP contribution in [0.15, 0.2) is 79.1 Å². The SMILES string of the molecule is COc1ccc(N(Cc2ccc(C(=O)OC(Cc3c(Cl)c[n+]([O-])cc3Cl)c3ccc(OC)c(OC)c3)cc2)C(=O)O[C@H]2CN3CCC2CC3)cc1.